The molecule has 1 saturated carbocycles. The summed E-state index contributed by atoms with van der Waals surface area (Å²) < 4.78 is 1.77. The lowest BCUT2D eigenvalue weighted by Gasteiger charge is -2.42. The Hall–Kier alpha value is -2.03. The summed E-state index contributed by atoms with van der Waals surface area (Å²) >= 11 is 0. The monoisotopic (exact) mass is 333 g/mol. The number of likely N-dealkylation sites (tertiary alicyclic amines) is 2. The molecule has 1 aromatic heterocycles. The minimum Gasteiger partial charge on any atom is -0.348 e. The number of rotatable bonds is 6. The van der Waals surface area contributed by atoms with Crippen molar-refractivity contribution in [1.29, 1.82) is 0 Å². The molecule has 0 bridgehead atoms. The van der Waals surface area contributed by atoms with Gasteiger partial charge in [0.2, 0.25) is 11.8 Å². The summed E-state index contributed by atoms with van der Waals surface area (Å²) in [4.78, 5) is 28.6. The van der Waals surface area contributed by atoms with Gasteiger partial charge in [0.15, 0.2) is 5.82 Å². The van der Waals surface area contributed by atoms with E-state index in [1.165, 1.54) is 12.8 Å². The fourth-order valence-corrected chi connectivity index (χ4v) is 3.47. The maximum absolute atomic E-state index is 12.4. The normalized spacial score (nSPS) is 25.1. The summed E-state index contributed by atoms with van der Waals surface area (Å²) in [7, 11) is 2.03. The maximum atomic E-state index is 12.4. The Morgan fingerprint density at radius 3 is 2.79 bits per heavy atom. The van der Waals surface area contributed by atoms with Gasteiger partial charge in [-0.15, -0.1) is 5.10 Å². The summed E-state index contributed by atoms with van der Waals surface area (Å²) in [6, 6.07) is 0.270. The highest BCUT2D eigenvalue weighted by Crippen LogP contribution is 2.30. The molecule has 9 nitrogen and oxygen atoms in total. The average molecular weight is 333 g/mol. The van der Waals surface area contributed by atoms with Crippen molar-refractivity contribution in [2.24, 2.45) is 11.8 Å². The predicted octanol–water partition coefficient (Wildman–Crippen LogP) is -1.14. The Balaban J connectivity index is 1.29. The Bertz CT molecular complexity index is 636. The van der Waals surface area contributed by atoms with Crippen molar-refractivity contribution < 1.29 is 9.59 Å². The van der Waals surface area contributed by atoms with Crippen molar-refractivity contribution in [3.05, 3.63) is 5.82 Å². The molecule has 1 unspecified atom stereocenters. The second-order valence-corrected chi connectivity index (χ2v) is 7.26. The van der Waals surface area contributed by atoms with Gasteiger partial charge in [-0.1, -0.05) is 0 Å². The number of carbonyl (C=O) groups excluding carboxylic acids is 2. The Morgan fingerprint density at radius 2 is 2.08 bits per heavy atom. The number of tetrazole rings is 1. The van der Waals surface area contributed by atoms with E-state index in [0.29, 0.717) is 31.3 Å². The van der Waals surface area contributed by atoms with E-state index in [2.05, 4.69) is 25.7 Å². The van der Waals surface area contributed by atoms with Crippen LogP contribution in [0.25, 0.3) is 0 Å². The number of nitrogens with zero attached hydrogens (tertiary/aromatic N) is 6. The van der Waals surface area contributed by atoms with Crippen LogP contribution in [0, 0.1) is 11.8 Å². The number of hydrogen-bond acceptors (Lipinski definition) is 6. The van der Waals surface area contributed by atoms with Gasteiger partial charge in [-0.3, -0.25) is 9.59 Å². The zero-order valence-electron chi connectivity index (χ0n) is 13.9. The molecule has 130 valence electrons. The number of aromatic nitrogens is 4. The van der Waals surface area contributed by atoms with Gasteiger partial charge in [-0.25, -0.2) is 4.68 Å². The van der Waals surface area contributed by atoms with Crippen LogP contribution in [0.4, 0.5) is 0 Å². The number of amides is 2. The molecule has 0 aromatic carbocycles. The molecular weight excluding hydrogens is 310 g/mol. The lowest BCUT2D eigenvalue weighted by molar-refractivity contribution is -0.132. The third-order valence-corrected chi connectivity index (χ3v) is 5.17. The van der Waals surface area contributed by atoms with E-state index in [1.54, 1.807) is 4.68 Å². The first-order valence-electron chi connectivity index (χ1n) is 8.61. The maximum Gasteiger partial charge on any atom is 0.225 e. The fourth-order valence-electron chi connectivity index (χ4n) is 3.47. The molecule has 1 aromatic rings. The minimum atomic E-state index is -0.267. The van der Waals surface area contributed by atoms with Crippen LogP contribution in [-0.4, -0.2) is 74.5 Å². The lowest BCUT2D eigenvalue weighted by Crippen LogP contribution is -2.58. The van der Waals surface area contributed by atoms with Crippen molar-refractivity contribution in [3.8, 4) is 0 Å². The molecule has 24 heavy (non-hydrogen) atoms. The Kier molecular flexibility index (Phi) is 3.95. The molecule has 1 aliphatic carbocycles. The van der Waals surface area contributed by atoms with E-state index < -0.39 is 0 Å². The van der Waals surface area contributed by atoms with Crippen LogP contribution in [0.2, 0.25) is 0 Å². The second kappa shape index (κ2) is 6.12. The highest BCUT2D eigenvalue weighted by Gasteiger charge is 2.41. The zero-order chi connectivity index (χ0) is 16.7. The average Bonchev–Trinajstić information content (AvgIpc) is 3.10. The molecule has 4 rings (SSSR count). The zero-order valence-corrected chi connectivity index (χ0v) is 13.9. The second-order valence-electron chi connectivity index (χ2n) is 7.26. The number of likely N-dealkylation sites (N-methyl/N-ethyl adjacent to an activating group) is 1. The molecule has 9 heteroatoms. The third kappa shape index (κ3) is 3.12. The van der Waals surface area contributed by atoms with Crippen molar-refractivity contribution in [1.82, 2.24) is 35.3 Å². The first-order valence-corrected chi connectivity index (χ1v) is 8.61. The van der Waals surface area contributed by atoms with Crippen molar-refractivity contribution in [3.63, 3.8) is 0 Å². The van der Waals surface area contributed by atoms with Crippen molar-refractivity contribution in [2.75, 3.05) is 26.7 Å². The van der Waals surface area contributed by atoms with Crippen LogP contribution in [0.5, 0.6) is 0 Å². The molecule has 1 atom stereocenters. The topological polar surface area (TPSA) is 96.2 Å². The molecule has 0 radical (unpaired) electrons. The van der Waals surface area contributed by atoms with Gasteiger partial charge in [-0.2, -0.15) is 0 Å². The Labute approximate surface area is 140 Å². The summed E-state index contributed by atoms with van der Waals surface area (Å²) in [5.41, 5.74) is 0. The quantitative estimate of drug-likeness (QED) is 0.707. The highest BCUT2D eigenvalue weighted by molar-refractivity contribution is 5.89. The smallest absolute Gasteiger partial charge is 0.225 e. The molecule has 1 N–H and O–H groups in total. The van der Waals surface area contributed by atoms with Gasteiger partial charge in [0.1, 0.15) is 0 Å². The summed E-state index contributed by atoms with van der Waals surface area (Å²) in [6.45, 7) is 3.46. The summed E-state index contributed by atoms with van der Waals surface area (Å²) in [5.74, 6) is 1.09. The first-order chi connectivity index (χ1) is 11.6. The molecule has 3 aliphatic rings. The van der Waals surface area contributed by atoms with Crippen LogP contribution in [0.1, 0.15) is 25.1 Å². The standard InChI is InChI=1S/C15H23N7O2/c1-20-8-12(9-20)21-7-11(4-14(21)23)15(24)16-5-13-17-18-19-22(13)6-10-2-3-10/h10-12H,2-9H2,1H3,(H,16,24). The largest absolute Gasteiger partial charge is 0.348 e. The van der Waals surface area contributed by atoms with Gasteiger partial charge in [-0.05, 0) is 36.2 Å². The molecule has 2 aliphatic heterocycles. The lowest BCUT2D eigenvalue weighted by atomic mass is 10.1. The van der Waals surface area contributed by atoms with Crippen LogP contribution in [0.15, 0.2) is 0 Å². The molecule has 2 amide bonds. The number of nitrogens with one attached hydrogen (secondary N) is 1. The van der Waals surface area contributed by atoms with Gasteiger partial charge < -0.3 is 15.1 Å². The van der Waals surface area contributed by atoms with Crippen LogP contribution in [-0.2, 0) is 22.7 Å². The number of hydrogen-bond donors (Lipinski definition) is 1. The molecule has 3 fully saturated rings. The first kappa shape index (κ1) is 15.5. The van der Waals surface area contributed by atoms with E-state index in [0.717, 1.165) is 19.6 Å². The van der Waals surface area contributed by atoms with Crippen LogP contribution < -0.4 is 5.32 Å². The van der Waals surface area contributed by atoms with Gasteiger partial charge in [0.25, 0.3) is 0 Å². The van der Waals surface area contributed by atoms with Crippen LogP contribution >= 0.6 is 0 Å². The SMILES string of the molecule is CN1CC(N2CC(C(=O)NCc3nnnn3CC3CC3)CC2=O)C1. The number of carbonyl (C=O) groups is 2. The summed E-state index contributed by atoms with van der Waals surface area (Å²) in [6.07, 6.45) is 2.75. The highest BCUT2D eigenvalue weighted by atomic mass is 16.2. The van der Waals surface area contributed by atoms with Crippen LogP contribution in [0.3, 0.4) is 0 Å². The third-order valence-electron chi connectivity index (χ3n) is 5.17. The van der Waals surface area contributed by atoms with E-state index in [1.807, 2.05) is 11.9 Å². The van der Waals surface area contributed by atoms with Crippen molar-refractivity contribution in [2.45, 2.75) is 38.4 Å². The molecule has 3 heterocycles. The fraction of sp³-hybridized carbons (Fsp3) is 0.800. The van der Waals surface area contributed by atoms with Gasteiger partial charge >= 0.3 is 0 Å². The van der Waals surface area contributed by atoms with Gasteiger partial charge in [0.05, 0.1) is 18.5 Å². The van der Waals surface area contributed by atoms with E-state index in [4.69, 9.17) is 0 Å². The van der Waals surface area contributed by atoms with E-state index in [9.17, 15) is 9.59 Å². The molecule has 0 spiro atoms. The minimum absolute atomic E-state index is 0.0838. The molecular formula is C15H23N7O2. The Morgan fingerprint density at radius 1 is 1.29 bits per heavy atom. The van der Waals surface area contributed by atoms with E-state index >= 15 is 0 Å². The van der Waals surface area contributed by atoms with Crippen molar-refractivity contribution >= 4 is 11.8 Å². The van der Waals surface area contributed by atoms with Gasteiger partial charge in [0, 0.05) is 32.6 Å². The summed E-state index contributed by atoms with van der Waals surface area (Å²) in [5, 5.41) is 14.6. The molecule has 2 saturated heterocycles. The van der Waals surface area contributed by atoms with E-state index in [-0.39, 0.29) is 23.8 Å². The predicted molar refractivity (Wildman–Crippen MR) is 83.5 cm³/mol.